The van der Waals surface area contributed by atoms with Gasteiger partial charge in [0.05, 0.1) is 36.0 Å². The Morgan fingerprint density at radius 1 is 1.00 bits per heavy atom. The van der Waals surface area contributed by atoms with E-state index in [0.29, 0.717) is 28.5 Å². The molecule has 0 aliphatic heterocycles. The van der Waals surface area contributed by atoms with E-state index in [9.17, 15) is 14.9 Å². The van der Waals surface area contributed by atoms with E-state index >= 15 is 0 Å². The normalized spacial score (nSPS) is 11.3. The van der Waals surface area contributed by atoms with Gasteiger partial charge >= 0.3 is 12.2 Å². The van der Waals surface area contributed by atoms with Crippen LogP contribution in [0.25, 0.3) is 11.3 Å². The fraction of sp³-hybridized carbons (Fsp3) is 0.367. The number of carbonyl (C=O) groups excluding carboxylic acids is 2. The van der Waals surface area contributed by atoms with E-state index < -0.39 is 23.4 Å². The molecule has 0 aliphatic carbocycles. The number of nitrogens with one attached hydrogen (secondary N) is 1. The van der Waals surface area contributed by atoms with Crippen molar-refractivity contribution in [3.63, 3.8) is 0 Å². The van der Waals surface area contributed by atoms with Crippen LogP contribution in [0.15, 0.2) is 42.7 Å². The van der Waals surface area contributed by atoms with E-state index in [1.807, 2.05) is 31.2 Å². The van der Waals surface area contributed by atoms with E-state index in [0.717, 1.165) is 16.0 Å². The van der Waals surface area contributed by atoms with Crippen LogP contribution in [0.1, 0.15) is 58.2 Å². The van der Waals surface area contributed by atoms with Gasteiger partial charge in [0.15, 0.2) is 11.6 Å². The van der Waals surface area contributed by atoms with Crippen molar-refractivity contribution in [1.82, 2.24) is 14.9 Å². The Bertz CT molecular complexity index is 1440. The fourth-order valence-corrected chi connectivity index (χ4v) is 3.87. The summed E-state index contributed by atoms with van der Waals surface area (Å²) in [6.07, 6.45) is -0.439. The zero-order valence-corrected chi connectivity index (χ0v) is 25.2. The number of anilines is 2. The van der Waals surface area contributed by atoms with Gasteiger partial charge in [-0.3, -0.25) is 0 Å². The first kappa shape index (κ1) is 31.2. The van der Waals surface area contributed by atoms with Crippen molar-refractivity contribution in [3.05, 3.63) is 64.4 Å². The lowest BCUT2D eigenvalue weighted by Gasteiger charge is -2.29. The third kappa shape index (κ3) is 8.32. The van der Waals surface area contributed by atoms with Gasteiger partial charge in [-0.15, -0.1) is 0 Å². The number of imide groups is 1. The van der Waals surface area contributed by atoms with E-state index in [-0.39, 0.29) is 17.1 Å². The summed E-state index contributed by atoms with van der Waals surface area (Å²) in [6.45, 7) is 11.8. The molecule has 0 radical (unpaired) electrons. The molecule has 0 saturated heterocycles. The molecule has 0 fully saturated rings. The first-order valence-corrected chi connectivity index (χ1v) is 13.2. The number of hydrogen-bond acceptors (Lipinski definition) is 9. The van der Waals surface area contributed by atoms with Crippen molar-refractivity contribution in [1.29, 1.82) is 5.26 Å². The molecule has 41 heavy (non-hydrogen) atoms. The van der Waals surface area contributed by atoms with Crippen LogP contribution in [0.4, 0.5) is 21.1 Å². The van der Waals surface area contributed by atoms with Gasteiger partial charge < -0.3 is 19.5 Å². The maximum Gasteiger partial charge on any atom is 0.420 e. The van der Waals surface area contributed by atoms with Crippen LogP contribution in [0.2, 0.25) is 5.02 Å². The molecule has 11 heteroatoms. The van der Waals surface area contributed by atoms with Gasteiger partial charge in [-0.25, -0.2) is 24.5 Å². The minimum atomic E-state index is -0.916. The van der Waals surface area contributed by atoms with Crippen molar-refractivity contribution in [2.75, 3.05) is 12.4 Å². The molecular weight excluding hydrogens is 546 g/mol. The highest BCUT2D eigenvalue weighted by molar-refractivity contribution is 6.33. The lowest BCUT2D eigenvalue weighted by molar-refractivity contribution is -0.000259. The second-order valence-corrected chi connectivity index (χ2v) is 11.7. The number of aromatic nitrogens is 2. The minimum absolute atomic E-state index is 0.160. The number of benzene rings is 2. The first-order chi connectivity index (χ1) is 19.1. The molecule has 1 aromatic heterocycles. The molecule has 216 valence electrons. The van der Waals surface area contributed by atoms with Gasteiger partial charge in [0.25, 0.3) is 0 Å². The number of hydrogen-bond donors (Lipinski definition) is 1. The molecule has 0 spiro atoms. The molecular formula is C30H34ClN5O5. The third-order valence-electron chi connectivity index (χ3n) is 5.46. The van der Waals surface area contributed by atoms with Gasteiger partial charge in [0, 0.05) is 5.56 Å². The van der Waals surface area contributed by atoms with Crippen LogP contribution in [0.5, 0.6) is 5.75 Å². The number of carbonyl (C=O) groups is 2. The van der Waals surface area contributed by atoms with E-state index in [1.54, 1.807) is 47.6 Å². The molecule has 0 saturated carbocycles. The number of aryl methyl sites for hydroxylation is 1. The second-order valence-electron chi connectivity index (χ2n) is 11.2. The Kier molecular flexibility index (Phi) is 9.46. The average Bonchev–Trinajstić information content (AvgIpc) is 2.86. The highest BCUT2D eigenvalue weighted by Crippen LogP contribution is 2.37. The number of amides is 2. The van der Waals surface area contributed by atoms with Crippen molar-refractivity contribution in [2.45, 2.75) is 66.2 Å². The lowest BCUT2D eigenvalue weighted by Crippen LogP contribution is -2.43. The van der Waals surface area contributed by atoms with Gasteiger partial charge in [-0.05, 0) is 66.2 Å². The molecule has 0 aliphatic rings. The van der Waals surface area contributed by atoms with Crippen molar-refractivity contribution >= 4 is 35.3 Å². The lowest BCUT2D eigenvalue weighted by atomic mass is 10.1. The smallest absolute Gasteiger partial charge is 0.420 e. The second kappa shape index (κ2) is 12.4. The maximum atomic E-state index is 13.1. The summed E-state index contributed by atoms with van der Waals surface area (Å²) in [6, 6.07) is 12.9. The summed E-state index contributed by atoms with van der Waals surface area (Å²) in [5.74, 6) is 0.703. The van der Waals surface area contributed by atoms with Crippen molar-refractivity contribution < 1.29 is 23.8 Å². The van der Waals surface area contributed by atoms with Crippen LogP contribution in [-0.2, 0) is 16.0 Å². The Hall–Kier alpha value is -4.36. The molecule has 1 heterocycles. The third-order valence-corrected chi connectivity index (χ3v) is 5.77. The van der Waals surface area contributed by atoms with Crippen LogP contribution >= 0.6 is 11.6 Å². The summed E-state index contributed by atoms with van der Waals surface area (Å²) in [5, 5.41) is 13.2. The number of rotatable bonds is 6. The Morgan fingerprint density at radius 3 is 2.10 bits per heavy atom. The largest absolute Gasteiger partial charge is 0.491 e. The molecule has 2 amide bonds. The SMILES string of the molecule is COc1c(Nc2cc(CN(C(=O)OC(C)(C)C)C(=O)OC(C)(C)C)c(C#N)cc2Cl)ncnc1-c1ccc(C)cc1. The number of nitrogens with zero attached hydrogens (tertiary/aromatic N) is 4. The van der Waals surface area contributed by atoms with Gasteiger partial charge in [-0.1, -0.05) is 41.4 Å². The molecule has 10 nitrogen and oxygen atoms in total. The summed E-state index contributed by atoms with van der Waals surface area (Å²) >= 11 is 6.54. The molecule has 0 unspecified atom stereocenters. The molecule has 0 bridgehead atoms. The molecule has 1 N–H and O–H groups in total. The molecule has 2 aromatic carbocycles. The minimum Gasteiger partial charge on any atom is -0.491 e. The number of halogens is 1. The Balaban J connectivity index is 2.04. The summed E-state index contributed by atoms with van der Waals surface area (Å²) < 4.78 is 16.6. The summed E-state index contributed by atoms with van der Waals surface area (Å²) in [4.78, 5) is 35.6. The van der Waals surface area contributed by atoms with Gasteiger partial charge in [-0.2, -0.15) is 5.26 Å². The molecule has 3 aromatic rings. The van der Waals surface area contributed by atoms with E-state index in [1.165, 1.54) is 19.5 Å². The van der Waals surface area contributed by atoms with Gasteiger partial charge in [0.2, 0.25) is 0 Å². The number of ether oxygens (including phenoxy) is 3. The number of nitriles is 1. The van der Waals surface area contributed by atoms with Crippen LogP contribution in [0.3, 0.4) is 0 Å². The van der Waals surface area contributed by atoms with Crippen molar-refractivity contribution in [3.8, 4) is 23.1 Å². The maximum absolute atomic E-state index is 13.1. The quantitative estimate of drug-likeness (QED) is 0.317. The monoisotopic (exact) mass is 579 g/mol. The Morgan fingerprint density at radius 2 is 1.59 bits per heavy atom. The number of methoxy groups -OCH3 is 1. The first-order valence-electron chi connectivity index (χ1n) is 12.8. The zero-order valence-electron chi connectivity index (χ0n) is 24.5. The fourth-order valence-electron chi connectivity index (χ4n) is 3.66. The summed E-state index contributed by atoms with van der Waals surface area (Å²) in [5.41, 5.74) is 1.59. The highest BCUT2D eigenvalue weighted by Gasteiger charge is 2.32. The predicted molar refractivity (Wildman–Crippen MR) is 156 cm³/mol. The predicted octanol–water partition coefficient (Wildman–Crippen LogP) is 7.40. The summed E-state index contributed by atoms with van der Waals surface area (Å²) in [7, 11) is 1.51. The zero-order chi connectivity index (χ0) is 30.5. The average molecular weight is 580 g/mol. The topological polar surface area (TPSA) is 127 Å². The van der Waals surface area contributed by atoms with Crippen LogP contribution < -0.4 is 10.1 Å². The van der Waals surface area contributed by atoms with Crippen LogP contribution in [0, 0.1) is 18.3 Å². The van der Waals surface area contributed by atoms with Crippen LogP contribution in [-0.4, -0.2) is 45.4 Å². The molecule has 0 atom stereocenters. The van der Waals surface area contributed by atoms with Crippen molar-refractivity contribution in [2.24, 2.45) is 0 Å². The van der Waals surface area contributed by atoms with E-state index in [2.05, 4.69) is 21.4 Å². The Labute approximate surface area is 245 Å². The highest BCUT2D eigenvalue weighted by atomic mass is 35.5. The molecule has 3 rings (SSSR count). The van der Waals surface area contributed by atoms with Gasteiger partial charge in [0.1, 0.15) is 23.2 Å². The van der Waals surface area contributed by atoms with E-state index in [4.69, 9.17) is 25.8 Å². The standard InChI is InChI=1S/C30H34ClN5O5/c1-18-9-11-19(12-10-18)24-25(39-8)26(34-17-33-24)35-23-14-21(20(15-32)13-22(23)31)16-36(27(37)40-29(2,3)4)28(38)41-30(5,6)7/h9-14,17H,16H2,1-8H3,(H,33,34,35).